The fourth-order valence-corrected chi connectivity index (χ4v) is 2.41. The molecule has 0 aliphatic rings. The maximum Gasteiger partial charge on any atom is 0.152 e. The number of nitrogens with zero attached hydrogens (tertiary/aromatic N) is 2. The van der Waals surface area contributed by atoms with Gasteiger partial charge in [-0.05, 0) is 44.7 Å². The fraction of sp³-hybridized carbons (Fsp3) is 0.444. The largest absolute Gasteiger partial charge is 0.369 e. The van der Waals surface area contributed by atoms with Crippen LogP contribution >= 0.6 is 0 Å². The Hall–Kier alpha value is -1.90. The fourth-order valence-electron chi connectivity index (χ4n) is 2.41. The summed E-state index contributed by atoms with van der Waals surface area (Å²) in [6.07, 6.45) is 1.09. The van der Waals surface area contributed by atoms with E-state index < -0.39 is 0 Å². The van der Waals surface area contributed by atoms with Gasteiger partial charge in [-0.1, -0.05) is 32.0 Å². The van der Waals surface area contributed by atoms with Crippen molar-refractivity contribution in [2.75, 3.05) is 11.9 Å². The predicted octanol–water partition coefficient (Wildman–Crippen LogP) is 4.39. The van der Waals surface area contributed by atoms with E-state index >= 15 is 0 Å². The summed E-state index contributed by atoms with van der Waals surface area (Å²) in [6.45, 7) is 11.4. The Morgan fingerprint density at radius 1 is 1.10 bits per heavy atom. The predicted molar refractivity (Wildman–Crippen MR) is 89.6 cm³/mol. The van der Waals surface area contributed by atoms with Crippen molar-refractivity contribution >= 4 is 5.82 Å². The van der Waals surface area contributed by atoms with Gasteiger partial charge < -0.3 is 5.32 Å². The Bertz CT molecular complexity index is 618. The minimum Gasteiger partial charge on any atom is -0.369 e. The zero-order valence-corrected chi connectivity index (χ0v) is 13.7. The number of aryl methyl sites for hydroxylation is 2. The maximum atomic E-state index is 4.76. The van der Waals surface area contributed by atoms with Gasteiger partial charge in [0.15, 0.2) is 5.82 Å². The second-order valence-electron chi connectivity index (χ2n) is 5.92. The van der Waals surface area contributed by atoms with Crippen LogP contribution in [0.25, 0.3) is 11.3 Å². The first-order valence-corrected chi connectivity index (χ1v) is 7.69. The first-order valence-electron chi connectivity index (χ1n) is 7.69. The molecule has 0 amide bonds. The number of aromatic nitrogens is 2. The summed E-state index contributed by atoms with van der Waals surface area (Å²) in [5, 5.41) is 3.33. The van der Waals surface area contributed by atoms with Crippen LogP contribution in [0.2, 0.25) is 0 Å². The molecule has 1 N–H and O–H groups in total. The van der Waals surface area contributed by atoms with Gasteiger partial charge in [-0.15, -0.1) is 0 Å². The Kier molecular flexibility index (Phi) is 4.94. The van der Waals surface area contributed by atoms with Crippen LogP contribution in [-0.2, 0) is 6.42 Å². The van der Waals surface area contributed by atoms with Crippen LogP contribution in [0.15, 0.2) is 24.3 Å². The smallest absolute Gasteiger partial charge is 0.152 e. The molecule has 2 rings (SSSR count). The topological polar surface area (TPSA) is 37.8 Å². The van der Waals surface area contributed by atoms with Crippen LogP contribution in [0.1, 0.15) is 37.7 Å². The first kappa shape index (κ1) is 15.5. The van der Waals surface area contributed by atoms with Gasteiger partial charge in [0.25, 0.3) is 0 Å². The standard InChI is InChI=1S/C18H25N3/c1-6-19-18-17(20-13(4)14(5)21-18)16-9-7-8-15(11-16)10-12(2)3/h7-9,11-12H,6,10H2,1-5H3,(H,19,21). The van der Waals surface area contributed by atoms with Gasteiger partial charge >= 0.3 is 0 Å². The Morgan fingerprint density at radius 3 is 2.48 bits per heavy atom. The van der Waals surface area contributed by atoms with Crippen molar-refractivity contribution in [1.82, 2.24) is 9.97 Å². The lowest BCUT2D eigenvalue weighted by molar-refractivity contribution is 0.647. The molecule has 3 nitrogen and oxygen atoms in total. The Balaban J connectivity index is 2.47. The Morgan fingerprint density at radius 2 is 1.81 bits per heavy atom. The second-order valence-corrected chi connectivity index (χ2v) is 5.92. The summed E-state index contributed by atoms with van der Waals surface area (Å²) in [7, 11) is 0. The molecule has 2 aromatic rings. The van der Waals surface area contributed by atoms with E-state index in [1.807, 2.05) is 13.8 Å². The van der Waals surface area contributed by atoms with E-state index in [1.54, 1.807) is 0 Å². The van der Waals surface area contributed by atoms with Crippen LogP contribution in [0, 0.1) is 19.8 Å². The lowest BCUT2D eigenvalue weighted by Crippen LogP contribution is -2.06. The lowest BCUT2D eigenvalue weighted by Gasteiger charge is -2.13. The van der Waals surface area contributed by atoms with Crippen molar-refractivity contribution in [1.29, 1.82) is 0 Å². The minimum atomic E-state index is 0.652. The van der Waals surface area contributed by atoms with E-state index in [-0.39, 0.29) is 0 Å². The summed E-state index contributed by atoms with van der Waals surface area (Å²) >= 11 is 0. The molecule has 0 aliphatic heterocycles. The second kappa shape index (κ2) is 6.70. The van der Waals surface area contributed by atoms with Gasteiger partial charge in [-0.3, -0.25) is 0 Å². The molecular formula is C18H25N3. The number of anilines is 1. The molecule has 0 saturated heterocycles. The van der Waals surface area contributed by atoms with E-state index in [2.05, 4.69) is 55.3 Å². The van der Waals surface area contributed by atoms with E-state index in [0.29, 0.717) is 5.92 Å². The zero-order chi connectivity index (χ0) is 15.4. The monoisotopic (exact) mass is 283 g/mol. The van der Waals surface area contributed by atoms with E-state index in [1.165, 1.54) is 5.56 Å². The third-order valence-corrected chi connectivity index (χ3v) is 3.50. The molecule has 0 spiro atoms. The molecule has 1 aromatic heterocycles. The molecule has 3 heteroatoms. The van der Waals surface area contributed by atoms with Gasteiger partial charge in [0.05, 0.1) is 11.4 Å². The van der Waals surface area contributed by atoms with Crippen LogP contribution in [-0.4, -0.2) is 16.5 Å². The summed E-state index contributed by atoms with van der Waals surface area (Å²) in [6, 6.07) is 8.65. The molecular weight excluding hydrogens is 258 g/mol. The van der Waals surface area contributed by atoms with Crippen molar-refractivity contribution < 1.29 is 0 Å². The number of nitrogens with one attached hydrogen (secondary N) is 1. The van der Waals surface area contributed by atoms with Gasteiger partial charge in [-0.2, -0.15) is 0 Å². The summed E-state index contributed by atoms with van der Waals surface area (Å²) in [5.41, 5.74) is 5.41. The van der Waals surface area contributed by atoms with Crippen LogP contribution in [0.4, 0.5) is 5.82 Å². The highest BCUT2D eigenvalue weighted by molar-refractivity contribution is 5.72. The van der Waals surface area contributed by atoms with Gasteiger partial charge in [0.2, 0.25) is 0 Å². The molecule has 112 valence electrons. The quantitative estimate of drug-likeness (QED) is 0.884. The van der Waals surface area contributed by atoms with Crippen molar-refractivity contribution in [2.24, 2.45) is 5.92 Å². The number of hydrogen-bond acceptors (Lipinski definition) is 3. The highest BCUT2D eigenvalue weighted by atomic mass is 15.0. The summed E-state index contributed by atoms with van der Waals surface area (Å²) < 4.78 is 0. The van der Waals surface area contributed by atoms with Crippen LogP contribution in [0.3, 0.4) is 0 Å². The molecule has 0 bridgehead atoms. The average Bonchev–Trinajstić information content (AvgIpc) is 2.42. The zero-order valence-electron chi connectivity index (χ0n) is 13.7. The van der Waals surface area contributed by atoms with Crippen LogP contribution < -0.4 is 5.32 Å². The van der Waals surface area contributed by atoms with Crippen LogP contribution in [0.5, 0.6) is 0 Å². The first-order chi connectivity index (χ1) is 10.0. The minimum absolute atomic E-state index is 0.652. The molecule has 1 aromatic carbocycles. The highest BCUT2D eigenvalue weighted by Crippen LogP contribution is 2.27. The van der Waals surface area contributed by atoms with E-state index in [0.717, 1.165) is 41.4 Å². The third kappa shape index (κ3) is 3.81. The molecule has 0 radical (unpaired) electrons. The molecule has 0 saturated carbocycles. The molecule has 0 atom stereocenters. The highest BCUT2D eigenvalue weighted by Gasteiger charge is 2.11. The lowest BCUT2D eigenvalue weighted by atomic mass is 10.00. The average molecular weight is 283 g/mol. The third-order valence-electron chi connectivity index (χ3n) is 3.50. The summed E-state index contributed by atoms with van der Waals surface area (Å²) in [4.78, 5) is 9.41. The Labute approximate surface area is 127 Å². The van der Waals surface area contributed by atoms with Gasteiger partial charge in [0.1, 0.15) is 5.69 Å². The number of rotatable bonds is 5. The maximum absolute atomic E-state index is 4.76. The molecule has 0 unspecified atom stereocenters. The summed E-state index contributed by atoms with van der Waals surface area (Å²) in [5.74, 6) is 1.53. The molecule has 0 aliphatic carbocycles. The normalized spacial score (nSPS) is 11.0. The van der Waals surface area contributed by atoms with Crippen molar-refractivity contribution in [3.05, 3.63) is 41.2 Å². The molecule has 21 heavy (non-hydrogen) atoms. The van der Waals surface area contributed by atoms with E-state index in [4.69, 9.17) is 4.98 Å². The van der Waals surface area contributed by atoms with Crippen molar-refractivity contribution in [3.8, 4) is 11.3 Å². The SMILES string of the molecule is CCNc1nc(C)c(C)nc1-c1cccc(CC(C)C)c1. The van der Waals surface area contributed by atoms with Crippen molar-refractivity contribution in [3.63, 3.8) is 0 Å². The number of hydrogen-bond donors (Lipinski definition) is 1. The van der Waals surface area contributed by atoms with Crippen molar-refractivity contribution in [2.45, 2.75) is 41.0 Å². The molecule has 1 heterocycles. The number of benzene rings is 1. The van der Waals surface area contributed by atoms with E-state index in [9.17, 15) is 0 Å². The van der Waals surface area contributed by atoms with Gasteiger partial charge in [0, 0.05) is 12.1 Å². The van der Waals surface area contributed by atoms with Gasteiger partial charge in [-0.25, -0.2) is 9.97 Å². The molecule has 0 fully saturated rings.